The summed E-state index contributed by atoms with van der Waals surface area (Å²) in [6.45, 7) is 0.197. The third-order valence-electron chi connectivity index (χ3n) is 7.56. The second kappa shape index (κ2) is 9.12. The van der Waals surface area contributed by atoms with E-state index in [4.69, 9.17) is 9.84 Å². The molecule has 2 amide bonds. The second-order valence-electron chi connectivity index (χ2n) is 9.81. The molecular weight excluding hydrogens is 432 g/mol. The van der Waals surface area contributed by atoms with Crippen LogP contribution < -0.4 is 5.32 Å². The zero-order valence-corrected chi connectivity index (χ0v) is 19.3. The van der Waals surface area contributed by atoms with Gasteiger partial charge in [0.05, 0.1) is 5.92 Å². The maximum absolute atomic E-state index is 13.1. The van der Waals surface area contributed by atoms with Crippen molar-refractivity contribution in [2.24, 2.45) is 11.8 Å². The molecule has 0 spiro atoms. The van der Waals surface area contributed by atoms with E-state index in [1.165, 1.54) is 0 Å². The smallest absolute Gasteiger partial charge is 0.407 e. The lowest BCUT2D eigenvalue weighted by atomic mass is 9.79. The van der Waals surface area contributed by atoms with Crippen molar-refractivity contribution in [3.05, 3.63) is 59.7 Å². The number of hydrogen-bond donors (Lipinski definition) is 2. The lowest BCUT2D eigenvalue weighted by molar-refractivity contribution is -0.150. The predicted octanol–water partition coefficient (Wildman–Crippen LogP) is 4.02. The number of ether oxygens (including phenoxy) is 1. The van der Waals surface area contributed by atoms with E-state index in [0.717, 1.165) is 35.1 Å². The fourth-order valence-electron chi connectivity index (χ4n) is 5.22. The van der Waals surface area contributed by atoms with Gasteiger partial charge in [0.15, 0.2) is 0 Å². The van der Waals surface area contributed by atoms with Crippen LogP contribution in [-0.4, -0.2) is 53.7 Å². The monoisotopic (exact) mass is 462 g/mol. The lowest BCUT2D eigenvalue weighted by Gasteiger charge is -2.40. The molecule has 0 radical (unpaired) electrons. The fraction of sp³-hybridized carbons (Fsp3) is 0.444. The van der Waals surface area contributed by atoms with E-state index in [9.17, 15) is 14.4 Å². The van der Waals surface area contributed by atoms with Crippen LogP contribution in [0.5, 0.6) is 0 Å². The van der Waals surface area contributed by atoms with E-state index in [0.29, 0.717) is 25.2 Å². The molecule has 0 unspecified atom stereocenters. The molecule has 2 saturated carbocycles. The van der Waals surface area contributed by atoms with E-state index < -0.39 is 24.0 Å². The van der Waals surface area contributed by atoms with Crippen LogP contribution in [0.15, 0.2) is 48.5 Å². The highest BCUT2D eigenvalue weighted by molar-refractivity contribution is 5.86. The number of alkyl carbamates (subject to hydrolysis) is 1. The number of nitrogens with one attached hydrogen (secondary N) is 1. The molecule has 7 heteroatoms. The molecule has 178 valence electrons. The first kappa shape index (κ1) is 22.4. The summed E-state index contributed by atoms with van der Waals surface area (Å²) in [4.78, 5) is 38.6. The van der Waals surface area contributed by atoms with Crippen molar-refractivity contribution in [3.8, 4) is 11.1 Å². The van der Waals surface area contributed by atoms with E-state index in [1.807, 2.05) is 24.3 Å². The number of hydrogen-bond acceptors (Lipinski definition) is 4. The molecule has 7 nitrogen and oxygen atoms in total. The average Bonchev–Trinajstić information content (AvgIpc) is 3.56. The normalized spacial score (nSPS) is 21.6. The van der Waals surface area contributed by atoms with Crippen LogP contribution in [0.2, 0.25) is 0 Å². The largest absolute Gasteiger partial charge is 0.481 e. The Bertz CT molecular complexity index is 1060. The Morgan fingerprint density at radius 3 is 2.18 bits per heavy atom. The van der Waals surface area contributed by atoms with E-state index in [1.54, 1.807) is 11.9 Å². The predicted molar refractivity (Wildman–Crippen MR) is 126 cm³/mol. The van der Waals surface area contributed by atoms with Crippen molar-refractivity contribution in [3.63, 3.8) is 0 Å². The molecule has 0 aliphatic heterocycles. The molecule has 1 atom stereocenters. The summed E-state index contributed by atoms with van der Waals surface area (Å²) in [7, 11) is 1.70. The summed E-state index contributed by atoms with van der Waals surface area (Å²) in [5.41, 5.74) is 4.60. The Kier molecular flexibility index (Phi) is 6.02. The van der Waals surface area contributed by atoms with E-state index in [-0.39, 0.29) is 24.5 Å². The minimum absolute atomic E-state index is 0.0404. The Morgan fingerprint density at radius 1 is 1.03 bits per heavy atom. The molecule has 34 heavy (non-hydrogen) atoms. The first-order chi connectivity index (χ1) is 16.4. The van der Waals surface area contributed by atoms with Gasteiger partial charge in [-0.2, -0.15) is 0 Å². The number of nitrogens with zero attached hydrogens (tertiary/aromatic N) is 1. The molecule has 0 aromatic heterocycles. The van der Waals surface area contributed by atoms with Gasteiger partial charge in [-0.05, 0) is 47.4 Å². The first-order valence-electron chi connectivity index (χ1n) is 12.0. The third-order valence-corrected chi connectivity index (χ3v) is 7.56. The van der Waals surface area contributed by atoms with Gasteiger partial charge in [0.25, 0.3) is 0 Å². The van der Waals surface area contributed by atoms with Gasteiger partial charge in [-0.25, -0.2) is 4.79 Å². The molecular formula is C27H30N2O5. The molecule has 2 N–H and O–H groups in total. The number of aliphatic carboxylic acids is 1. The summed E-state index contributed by atoms with van der Waals surface area (Å²) in [6.07, 6.45) is 3.03. The van der Waals surface area contributed by atoms with Crippen molar-refractivity contribution in [2.75, 3.05) is 13.7 Å². The molecule has 3 aliphatic carbocycles. The molecule has 0 bridgehead atoms. The second-order valence-corrected chi connectivity index (χ2v) is 9.81. The van der Waals surface area contributed by atoms with Gasteiger partial charge in [-0.15, -0.1) is 0 Å². The van der Waals surface area contributed by atoms with Gasteiger partial charge < -0.3 is 20.1 Å². The molecule has 5 rings (SSSR count). The maximum Gasteiger partial charge on any atom is 0.407 e. The zero-order chi connectivity index (χ0) is 23.8. The average molecular weight is 463 g/mol. The Morgan fingerprint density at radius 2 is 1.62 bits per heavy atom. The first-order valence-corrected chi connectivity index (χ1v) is 12.0. The summed E-state index contributed by atoms with van der Waals surface area (Å²) >= 11 is 0. The van der Waals surface area contributed by atoms with Gasteiger partial charge in [0.1, 0.15) is 12.6 Å². The number of carboxylic acids is 1. The van der Waals surface area contributed by atoms with Crippen LogP contribution in [0, 0.1) is 11.8 Å². The number of rotatable bonds is 8. The molecule has 2 aromatic carbocycles. The fourth-order valence-corrected chi connectivity index (χ4v) is 5.22. The number of carbonyl (C=O) groups excluding carboxylic acids is 2. The van der Waals surface area contributed by atoms with Crippen molar-refractivity contribution in [1.29, 1.82) is 0 Å². The highest BCUT2D eigenvalue weighted by Crippen LogP contribution is 2.44. The Labute approximate surface area is 199 Å². The highest BCUT2D eigenvalue weighted by atomic mass is 16.5. The number of fused-ring (bicyclic) bond motifs is 3. The lowest BCUT2D eigenvalue weighted by Crippen LogP contribution is -2.54. The molecule has 0 heterocycles. The van der Waals surface area contributed by atoms with Crippen molar-refractivity contribution >= 4 is 18.0 Å². The number of benzene rings is 2. The number of carboxylic acid groups (broad SMARTS) is 1. The van der Waals surface area contributed by atoms with E-state index in [2.05, 4.69) is 29.6 Å². The van der Waals surface area contributed by atoms with Crippen LogP contribution >= 0.6 is 0 Å². The van der Waals surface area contributed by atoms with Crippen molar-refractivity contribution in [1.82, 2.24) is 10.2 Å². The quantitative estimate of drug-likeness (QED) is 0.618. The molecule has 2 aromatic rings. The Hall–Kier alpha value is -3.35. The van der Waals surface area contributed by atoms with Gasteiger partial charge in [0, 0.05) is 19.0 Å². The third kappa shape index (κ3) is 4.39. The van der Waals surface area contributed by atoms with Gasteiger partial charge >= 0.3 is 12.1 Å². The maximum atomic E-state index is 13.1. The minimum atomic E-state index is -0.816. The standard InChI is InChI=1S/C27H30N2O5/c1-29(18-13-17(14-18)26(31)32)25(30)24(12-16-10-11-16)28-27(33)34-15-23-21-8-4-2-6-19(21)20-7-3-5-9-22(20)23/h2-9,16-18,23-24H,10-15H2,1H3,(H,28,33)(H,31,32)/t17?,18?,24-/m0/s1. The van der Waals surface area contributed by atoms with Gasteiger partial charge in [-0.1, -0.05) is 61.4 Å². The van der Waals surface area contributed by atoms with Crippen LogP contribution in [0.4, 0.5) is 4.79 Å². The molecule has 3 aliphatic rings. The summed E-state index contributed by atoms with van der Waals surface area (Å²) in [6, 6.07) is 15.6. The number of likely N-dealkylation sites (N-methyl/N-ethyl adjacent to an activating group) is 1. The van der Waals surface area contributed by atoms with Gasteiger partial charge in [0.2, 0.25) is 5.91 Å². The summed E-state index contributed by atoms with van der Waals surface area (Å²) in [5, 5.41) is 11.9. The van der Waals surface area contributed by atoms with Gasteiger partial charge in [-0.3, -0.25) is 9.59 Å². The summed E-state index contributed by atoms with van der Waals surface area (Å²) < 4.78 is 5.65. The molecule has 0 saturated heterocycles. The van der Waals surface area contributed by atoms with Crippen molar-refractivity contribution in [2.45, 2.75) is 50.1 Å². The SMILES string of the molecule is CN(C(=O)[C@H](CC1CC1)NC(=O)OCC1c2ccccc2-c2ccccc21)C1CC(C(=O)O)C1. The van der Waals surface area contributed by atoms with Crippen LogP contribution in [0.25, 0.3) is 11.1 Å². The van der Waals surface area contributed by atoms with Crippen LogP contribution in [-0.2, 0) is 14.3 Å². The Balaban J connectivity index is 1.22. The van der Waals surface area contributed by atoms with Crippen LogP contribution in [0.3, 0.4) is 0 Å². The number of amides is 2. The number of carbonyl (C=O) groups is 3. The highest BCUT2D eigenvalue weighted by Gasteiger charge is 2.41. The van der Waals surface area contributed by atoms with E-state index >= 15 is 0 Å². The summed E-state index contributed by atoms with van der Waals surface area (Å²) in [5.74, 6) is -0.986. The topological polar surface area (TPSA) is 95.9 Å². The van der Waals surface area contributed by atoms with Crippen LogP contribution in [0.1, 0.15) is 49.1 Å². The minimum Gasteiger partial charge on any atom is -0.481 e. The molecule has 2 fully saturated rings. The van der Waals surface area contributed by atoms with Crippen molar-refractivity contribution < 1.29 is 24.2 Å². The zero-order valence-electron chi connectivity index (χ0n) is 19.3.